The molecule has 3 nitrogen and oxygen atoms in total. The van der Waals surface area contributed by atoms with Gasteiger partial charge in [-0.2, -0.15) is 0 Å². The number of nitrogens with zero attached hydrogens (tertiary/aromatic N) is 1. The number of carbonyl (C=O) groups is 1. The molecule has 0 bridgehead atoms. The maximum absolute atomic E-state index is 13.2. The number of carbonyl (C=O) groups excluding carboxylic acids is 1. The van der Waals surface area contributed by atoms with Crippen LogP contribution in [0.25, 0.3) is 0 Å². The Morgan fingerprint density at radius 2 is 2.10 bits per heavy atom. The Morgan fingerprint density at radius 3 is 2.81 bits per heavy atom. The summed E-state index contributed by atoms with van der Waals surface area (Å²) < 4.78 is 13.6. The van der Waals surface area contributed by atoms with E-state index >= 15 is 0 Å². The second-order valence-electron chi connectivity index (χ2n) is 5.24. The van der Waals surface area contributed by atoms with Crippen LogP contribution in [0.5, 0.6) is 0 Å². The van der Waals surface area contributed by atoms with E-state index in [0.717, 1.165) is 17.7 Å². The lowest BCUT2D eigenvalue weighted by atomic mass is 10.1. The van der Waals surface area contributed by atoms with Crippen molar-refractivity contribution in [1.29, 1.82) is 0 Å². The van der Waals surface area contributed by atoms with Gasteiger partial charge in [0.05, 0.1) is 5.56 Å². The SMILES string of the molecule is CC1Cc2cc(N)ccc2N1C(=O)c1ccc(F)cc1Br. The number of anilines is 2. The third-order valence-corrected chi connectivity index (χ3v) is 4.36. The van der Waals surface area contributed by atoms with Gasteiger partial charge in [-0.25, -0.2) is 4.39 Å². The maximum atomic E-state index is 13.2. The molecule has 0 spiro atoms. The zero-order valence-electron chi connectivity index (χ0n) is 11.4. The molecule has 1 atom stereocenters. The largest absolute Gasteiger partial charge is 0.399 e. The molecule has 1 aliphatic rings. The van der Waals surface area contributed by atoms with E-state index in [1.807, 2.05) is 19.1 Å². The van der Waals surface area contributed by atoms with Crippen LogP contribution in [0, 0.1) is 5.82 Å². The molecule has 21 heavy (non-hydrogen) atoms. The molecular formula is C16H14BrFN2O. The molecule has 1 aliphatic heterocycles. The van der Waals surface area contributed by atoms with Crippen molar-refractivity contribution >= 4 is 33.2 Å². The van der Waals surface area contributed by atoms with Gasteiger partial charge < -0.3 is 10.6 Å². The van der Waals surface area contributed by atoms with E-state index in [1.54, 1.807) is 11.0 Å². The summed E-state index contributed by atoms with van der Waals surface area (Å²) in [5.74, 6) is -0.515. The highest BCUT2D eigenvalue weighted by Crippen LogP contribution is 2.35. The van der Waals surface area contributed by atoms with Crippen molar-refractivity contribution in [2.45, 2.75) is 19.4 Å². The van der Waals surface area contributed by atoms with Crippen molar-refractivity contribution in [3.8, 4) is 0 Å². The molecule has 1 heterocycles. The van der Waals surface area contributed by atoms with Crippen LogP contribution in [0.1, 0.15) is 22.8 Å². The van der Waals surface area contributed by atoms with E-state index in [4.69, 9.17) is 5.73 Å². The summed E-state index contributed by atoms with van der Waals surface area (Å²) in [5.41, 5.74) is 8.88. The summed E-state index contributed by atoms with van der Waals surface area (Å²) in [6, 6.07) is 9.70. The second kappa shape index (κ2) is 5.15. The van der Waals surface area contributed by atoms with E-state index in [1.165, 1.54) is 18.2 Å². The van der Waals surface area contributed by atoms with Crippen LogP contribution in [0.4, 0.5) is 15.8 Å². The first-order chi connectivity index (χ1) is 9.97. The van der Waals surface area contributed by atoms with Gasteiger partial charge in [-0.15, -0.1) is 0 Å². The molecule has 2 aromatic rings. The first-order valence-electron chi connectivity index (χ1n) is 6.64. The number of nitrogens with two attached hydrogens (primary N) is 1. The lowest BCUT2D eigenvalue weighted by Crippen LogP contribution is -2.35. The van der Waals surface area contributed by atoms with E-state index in [9.17, 15) is 9.18 Å². The van der Waals surface area contributed by atoms with Crippen LogP contribution in [0.15, 0.2) is 40.9 Å². The monoisotopic (exact) mass is 348 g/mol. The predicted molar refractivity (Wildman–Crippen MR) is 84.9 cm³/mol. The lowest BCUT2D eigenvalue weighted by molar-refractivity contribution is 0.0980. The Bertz CT molecular complexity index is 732. The van der Waals surface area contributed by atoms with Crippen molar-refractivity contribution in [2.24, 2.45) is 0 Å². The molecule has 1 amide bonds. The Morgan fingerprint density at radius 1 is 1.33 bits per heavy atom. The normalized spacial score (nSPS) is 16.9. The third-order valence-electron chi connectivity index (χ3n) is 3.70. The first kappa shape index (κ1) is 14.1. The Labute approximate surface area is 130 Å². The van der Waals surface area contributed by atoms with Gasteiger partial charge in [0, 0.05) is 21.9 Å². The van der Waals surface area contributed by atoms with Crippen LogP contribution in [-0.2, 0) is 6.42 Å². The average Bonchev–Trinajstić information content (AvgIpc) is 2.73. The highest BCUT2D eigenvalue weighted by Gasteiger charge is 2.32. The summed E-state index contributed by atoms with van der Waals surface area (Å²) in [6.45, 7) is 1.99. The number of nitrogen functional groups attached to an aromatic ring is 1. The molecule has 3 rings (SSSR count). The fourth-order valence-electron chi connectivity index (χ4n) is 2.75. The number of hydrogen-bond acceptors (Lipinski definition) is 2. The fourth-order valence-corrected chi connectivity index (χ4v) is 3.27. The highest BCUT2D eigenvalue weighted by atomic mass is 79.9. The third kappa shape index (κ3) is 2.42. The number of benzene rings is 2. The molecule has 2 aromatic carbocycles. The summed E-state index contributed by atoms with van der Waals surface area (Å²) in [6.07, 6.45) is 0.769. The van der Waals surface area contributed by atoms with Gasteiger partial charge in [-0.05, 0) is 71.2 Å². The molecule has 0 saturated carbocycles. The molecule has 0 aromatic heterocycles. The van der Waals surface area contributed by atoms with Gasteiger partial charge in [0.25, 0.3) is 5.91 Å². The van der Waals surface area contributed by atoms with Crippen LogP contribution in [-0.4, -0.2) is 11.9 Å². The number of hydrogen-bond donors (Lipinski definition) is 1. The molecule has 2 N–H and O–H groups in total. The number of fused-ring (bicyclic) bond motifs is 1. The number of amides is 1. The standard InChI is InChI=1S/C16H14BrFN2O/c1-9-6-10-7-12(19)3-5-15(10)20(9)16(21)13-4-2-11(18)8-14(13)17/h2-5,7-9H,6,19H2,1H3. The Balaban J connectivity index is 2.03. The predicted octanol–water partition coefficient (Wildman–Crippen LogP) is 3.76. The van der Waals surface area contributed by atoms with Crippen molar-refractivity contribution in [2.75, 3.05) is 10.6 Å². The summed E-state index contributed by atoms with van der Waals surface area (Å²) >= 11 is 3.26. The Hall–Kier alpha value is -1.88. The smallest absolute Gasteiger partial charge is 0.259 e. The van der Waals surface area contributed by atoms with Crippen molar-refractivity contribution in [3.05, 3.63) is 57.8 Å². The van der Waals surface area contributed by atoms with E-state index in [2.05, 4.69) is 15.9 Å². The summed E-state index contributed by atoms with van der Waals surface area (Å²) in [7, 11) is 0. The minimum absolute atomic E-state index is 0.0475. The van der Waals surface area contributed by atoms with E-state index in [0.29, 0.717) is 15.7 Å². The van der Waals surface area contributed by atoms with Crippen LogP contribution in [0.2, 0.25) is 0 Å². The zero-order chi connectivity index (χ0) is 15.1. The van der Waals surface area contributed by atoms with E-state index < -0.39 is 0 Å². The van der Waals surface area contributed by atoms with Crippen LogP contribution < -0.4 is 10.6 Å². The van der Waals surface area contributed by atoms with E-state index in [-0.39, 0.29) is 17.8 Å². The van der Waals surface area contributed by atoms with Crippen molar-refractivity contribution in [1.82, 2.24) is 0 Å². The summed E-state index contributed by atoms with van der Waals surface area (Å²) in [5, 5.41) is 0. The van der Waals surface area contributed by atoms with Gasteiger partial charge in [-0.3, -0.25) is 4.79 Å². The minimum Gasteiger partial charge on any atom is -0.399 e. The van der Waals surface area contributed by atoms with Crippen LogP contribution in [0.3, 0.4) is 0 Å². The molecule has 1 unspecified atom stereocenters. The molecule has 0 saturated heterocycles. The Kier molecular flexibility index (Phi) is 3.45. The summed E-state index contributed by atoms with van der Waals surface area (Å²) in [4.78, 5) is 14.5. The van der Waals surface area contributed by atoms with Crippen molar-refractivity contribution < 1.29 is 9.18 Å². The van der Waals surface area contributed by atoms with Gasteiger partial charge in [0.2, 0.25) is 0 Å². The maximum Gasteiger partial charge on any atom is 0.259 e. The molecule has 108 valence electrons. The average molecular weight is 349 g/mol. The fraction of sp³-hybridized carbons (Fsp3) is 0.188. The van der Waals surface area contributed by atoms with Crippen molar-refractivity contribution in [3.63, 3.8) is 0 Å². The molecular weight excluding hydrogens is 335 g/mol. The molecule has 0 radical (unpaired) electrons. The highest BCUT2D eigenvalue weighted by molar-refractivity contribution is 9.10. The zero-order valence-corrected chi connectivity index (χ0v) is 13.0. The molecule has 0 fully saturated rings. The molecule has 5 heteroatoms. The number of halogens is 2. The lowest BCUT2D eigenvalue weighted by Gasteiger charge is -2.23. The van der Waals surface area contributed by atoms with Gasteiger partial charge in [0.15, 0.2) is 0 Å². The van der Waals surface area contributed by atoms with Gasteiger partial charge in [-0.1, -0.05) is 0 Å². The molecule has 0 aliphatic carbocycles. The first-order valence-corrected chi connectivity index (χ1v) is 7.43. The van der Waals surface area contributed by atoms with Crippen LogP contribution >= 0.6 is 15.9 Å². The number of rotatable bonds is 1. The topological polar surface area (TPSA) is 46.3 Å². The van der Waals surface area contributed by atoms with Gasteiger partial charge in [0.1, 0.15) is 5.82 Å². The minimum atomic E-state index is -0.374. The second-order valence-corrected chi connectivity index (χ2v) is 6.09. The quantitative estimate of drug-likeness (QED) is 0.797. The van der Waals surface area contributed by atoms with Gasteiger partial charge >= 0.3 is 0 Å².